The van der Waals surface area contributed by atoms with Crippen LogP contribution in [0.1, 0.15) is 63.2 Å². The summed E-state index contributed by atoms with van der Waals surface area (Å²) in [6.07, 6.45) is 13.5. The predicted molar refractivity (Wildman–Crippen MR) is 137 cm³/mol. The van der Waals surface area contributed by atoms with Crippen LogP contribution in [0.2, 0.25) is 0 Å². The Morgan fingerprint density at radius 1 is 1.30 bits per heavy atom. The quantitative estimate of drug-likeness (QED) is 0.389. The molecule has 2 amide bonds. The van der Waals surface area contributed by atoms with Crippen LogP contribution in [0.4, 0.5) is 10.6 Å². The Morgan fingerprint density at radius 2 is 2.03 bits per heavy atom. The van der Waals surface area contributed by atoms with Crippen LogP contribution in [0.5, 0.6) is 0 Å². The minimum Gasteiger partial charge on any atom is -0.443 e. The number of ether oxygens (including phenoxy) is 2. The summed E-state index contributed by atoms with van der Waals surface area (Å²) in [6, 6.07) is 0.0473. The molecule has 1 aromatic heterocycles. The highest BCUT2D eigenvalue weighted by molar-refractivity contribution is 5.99. The zero-order chi connectivity index (χ0) is 25.9. The average molecular weight is 512 g/mol. The maximum atomic E-state index is 13.7. The molecule has 11 heteroatoms. The minimum absolute atomic E-state index is 0.0473. The van der Waals surface area contributed by atoms with Crippen LogP contribution >= 0.6 is 0 Å². The van der Waals surface area contributed by atoms with Gasteiger partial charge in [0.15, 0.2) is 5.82 Å². The second-order valence-corrected chi connectivity index (χ2v) is 12.0. The summed E-state index contributed by atoms with van der Waals surface area (Å²) in [6.45, 7) is 6.86. The molecule has 6 aliphatic rings. The average Bonchev–Trinajstić information content (AvgIpc) is 3.20. The standard InChI is InChI=1S/C26H37N7O4/c1-15-22(36-15)31-25(2,3)5-8-33-23(32-7-4-6-28-32)19(14-29-33)21(34)30-20-17-9-16-10-18(20)13-26(11-16,12-17)37-24(27)35/h4-5,7-8,14-18,20,22,28,31H,6,9-13H2,1-3H3,(H2,27,35)(H,30,34)/b8-5+. The minimum atomic E-state index is -0.698. The summed E-state index contributed by atoms with van der Waals surface area (Å²) in [5, 5.41) is 13.2. The number of nitrogens with zero attached hydrogens (tertiary/aromatic N) is 3. The molecule has 0 radical (unpaired) electrons. The molecule has 0 aromatic carbocycles. The summed E-state index contributed by atoms with van der Waals surface area (Å²) in [7, 11) is 0. The fourth-order valence-electron chi connectivity index (χ4n) is 7.13. The molecule has 4 atom stereocenters. The van der Waals surface area contributed by atoms with E-state index in [2.05, 4.69) is 35.0 Å². The lowest BCUT2D eigenvalue weighted by atomic mass is 9.52. The third-order valence-electron chi connectivity index (χ3n) is 8.57. The molecule has 7 rings (SSSR count). The number of amides is 2. The lowest BCUT2D eigenvalue weighted by Gasteiger charge is -2.58. The van der Waals surface area contributed by atoms with Crippen molar-refractivity contribution >= 4 is 24.0 Å². The van der Waals surface area contributed by atoms with Crippen molar-refractivity contribution in [2.45, 2.75) is 82.4 Å². The highest BCUT2D eigenvalue weighted by atomic mass is 16.6. The van der Waals surface area contributed by atoms with Crippen LogP contribution < -0.4 is 26.8 Å². The van der Waals surface area contributed by atoms with Gasteiger partial charge < -0.3 is 20.5 Å². The summed E-state index contributed by atoms with van der Waals surface area (Å²) >= 11 is 0. The van der Waals surface area contributed by atoms with E-state index in [0.29, 0.717) is 23.8 Å². The Bertz CT molecular complexity index is 1130. The van der Waals surface area contributed by atoms with E-state index < -0.39 is 11.7 Å². The van der Waals surface area contributed by atoms with Crippen LogP contribution in [-0.2, 0) is 9.47 Å². The summed E-state index contributed by atoms with van der Waals surface area (Å²) in [5.41, 5.74) is 8.39. The summed E-state index contributed by atoms with van der Waals surface area (Å²) in [5.74, 6) is 1.59. The molecule has 3 heterocycles. The first kappa shape index (κ1) is 24.4. The number of rotatable bonds is 8. The van der Waals surface area contributed by atoms with Gasteiger partial charge in [-0.1, -0.05) is 6.08 Å². The molecular formula is C26H37N7O4. The number of hydrogen-bond acceptors (Lipinski definition) is 8. The van der Waals surface area contributed by atoms with Crippen LogP contribution in [-0.4, -0.2) is 57.8 Å². The maximum Gasteiger partial charge on any atom is 0.405 e. The molecule has 4 saturated carbocycles. The fourth-order valence-corrected chi connectivity index (χ4v) is 7.13. The van der Waals surface area contributed by atoms with Gasteiger partial charge in [0.05, 0.1) is 12.3 Å². The Kier molecular flexibility index (Phi) is 5.85. The summed E-state index contributed by atoms with van der Waals surface area (Å²) < 4.78 is 12.9. The second kappa shape index (κ2) is 8.85. The molecule has 200 valence electrons. The molecule has 5 N–H and O–H groups in total. The topological polar surface area (TPSA) is 139 Å². The van der Waals surface area contributed by atoms with Crippen LogP contribution in [0.15, 0.2) is 24.5 Å². The highest BCUT2D eigenvalue weighted by Crippen LogP contribution is 2.57. The van der Waals surface area contributed by atoms with E-state index in [1.807, 2.05) is 36.5 Å². The van der Waals surface area contributed by atoms with Crippen molar-refractivity contribution in [2.75, 3.05) is 11.6 Å². The van der Waals surface area contributed by atoms with Gasteiger partial charge in [-0.25, -0.2) is 14.9 Å². The van der Waals surface area contributed by atoms with Crippen molar-refractivity contribution in [3.8, 4) is 0 Å². The number of aromatic nitrogens is 2. The summed E-state index contributed by atoms with van der Waals surface area (Å²) in [4.78, 5) is 25.2. The number of hydrazine groups is 1. The van der Waals surface area contributed by atoms with Crippen LogP contribution in [0.3, 0.4) is 0 Å². The van der Waals surface area contributed by atoms with Crippen molar-refractivity contribution in [3.05, 3.63) is 30.1 Å². The van der Waals surface area contributed by atoms with Gasteiger partial charge >= 0.3 is 6.09 Å². The van der Waals surface area contributed by atoms with Gasteiger partial charge in [-0.05, 0) is 76.7 Å². The zero-order valence-corrected chi connectivity index (χ0v) is 21.6. The first-order valence-electron chi connectivity index (χ1n) is 13.3. The van der Waals surface area contributed by atoms with E-state index in [1.165, 1.54) is 0 Å². The largest absolute Gasteiger partial charge is 0.443 e. The number of anilines is 1. The Balaban J connectivity index is 1.21. The predicted octanol–water partition coefficient (Wildman–Crippen LogP) is 2.08. The third kappa shape index (κ3) is 4.75. The van der Waals surface area contributed by atoms with Gasteiger partial charge in [0.1, 0.15) is 17.4 Å². The van der Waals surface area contributed by atoms with Crippen molar-refractivity contribution in [2.24, 2.45) is 23.5 Å². The van der Waals surface area contributed by atoms with E-state index in [0.717, 1.165) is 32.1 Å². The third-order valence-corrected chi connectivity index (χ3v) is 8.57. The first-order chi connectivity index (χ1) is 17.6. The molecule has 4 aliphatic carbocycles. The molecule has 0 spiro atoms. The molecule has 1 saturated heterocycles. The molecule has 37 heavy (non-hydrogen) atoms. The number of nitrogens with two attached hydrogens (primary N) is 1. The zero-order valence-electron chi connectivity index (χ0n) is 21.6. The van der Waals surface area contributed by atoms with E-state index in [-0.39, 0.29) is 41.7 Å². The Morgan fingerprint density at radius 3 is 2.65 bits per heavy atom. The molecule has 1 aromatic rings. The maximum absolute atomic E-state index is 13.7. The fraction of sp³-hybridized carbons (Fsp3) is 0.654. The van der Waals surface area contributed by atoms with E-state index >= 15 is 0 Å². The van der Waals surface area contributed by atoms with Gasteiger partial charge in [0.2, 0.25) is 0 Å². The normalized spacial score (nSPS) is 35.9. The monoisotopic (exact) mass is 511 g/mol. The second-order valence-electron chi connectivity index (χ2n) is 12.0. The SMILES string of the molecule is CC1OC1NC(C)(C)/C=C/n1ncc(C(=O)NC2C3CC4CC2CC(OC(N)=O)(C4)C3)c1N1C=CCN1. The number of carbonyl (C=O) groups excluding carboxylic acids is 2. The van der Waals surface area contributed by atoms with Crippen molar-refractivity contribution in [1.29, 1.82) is 0 Å². The Labute approximate surface area is 216 Å². The van der Waals surface area contributed by atoms with Crippen molar-refractivity contribution < 1.29 is 19.1 Å². The number of epoxide rings is 1. The van der Waals surface area contributed by atoms with Gasteiger partial charge in [-0.15, -0.1) is 0 Å². The molecule has 4 bridgehead atoms. The van der Waals surface area contributed by atoms with Gasteiger partial charge in [0.25, 0.3) is 5.91 Å². The van der Waals surface area contributed by atoms with Gasteiger partial charge in [-0.2, -0.15) is 5.10 Å². The molecule has 5 fully saturated rings. The number of hydrogen-bond donors (Lipinski definition) is 4. The lowest BCUT2D eigenvalue weighted by Crippen LogP contribution is -2.63. The van der Waals surface area contributed by atoms with E-state index in [4.69, 9.17) is 15.2 Å². The molecule has 4 unspecified atom stereocenters. The molecular weight excluding hydrogens is 474 g/mol. The highest BCUT2D eigenvalue weighted by Gasteiger charge is 2.57. The van der Waals surface area contributed by atoms with Crippen LogP contribution in [0, 0.1) is 17.8 Å². The van der Waals surface area contributed by atoms with Crippen molar-refractivity contribution in [1.82, 2.24) is 25.8 Å². The van der Waals surface area contributed by atoms with Crippen LogP contribution in [0.25, 0.3) is 6.20 Å². The van der Waals surface area contributed by atoms with E-state index in [1.54, 1.807) is 10.9 Å². The number of primary amides is 1. The van der Waals surface area contributed by atoms with Gasteiger partial charge in [0, 0.05) is 30.5 Å². The number of carbonyl (C=O) groups is 2. The molecule has 11 nitrogen and oxygen atoms in total. The van der Waals surface area contributed by atoms with E-state index in [9.17, 15) is 9.59 Å². The molecule has 2 aliphatic heterocycles. The Hall–Kier alpha value is -2.89. The lowest BCUT2D eigenvalue weighted by molar-refractivity contribution is -0.137. The van der Waals surface area contributed by atoms with Gasteiger partial charge in [-0.3, -0.25) is 15.1 Å². The van der Waals surface area contributed by atoms with Crippen molar-refractivity contribution in [3.63, 3.8) is 0 Å². The smallest absolute Gasteiger partial charge is 0.405 e. The number of nitrogens with one attached hydrogen (secondary N) is 3. The first-order valence-corrected chi connectivity index (χ1v) is 13.3.